The molecule has 0 aliphatic carbocycles. The fraction of sp³-hybridized carbons (Fsp3) is 0.250. The van der Waals surface area contributed by atoms with Crippen molar-refractivity contribution < 1.29 is 5.11 Å². The molecule has 0 heterocycles. The monoisotopic (exact) mass is 466 g/mol. The number of phenolic OH excluding ortho intramolecular Hbond substituents is 1. The Balaban J connectivity index is 0.000000509. The fourth-order valence-electron chi connectivity index (χ4n) is 4.30. The summed E-state index contributed by atoms with van der Waals surface area (Å²) in [6, 6.07) is 32.5. The van der Waals surface area contributed by atoms with Crippen molar-refractivity contribution >= 4 is 5.69 Å². The van der Waals surface area contributed by atoms with Crippen LogP contribution in [0.25, 0.3) is 11.1 Å². The Labute approximate surface area is 210 Å². The Kier molecular flexibility index (Phi) is 10.4. The average molecular weight is 467 g/mol. The first-order valence-electron chi connectivity index (χ1n) is 12.7. The summed E-state index contributed by atoms with van der Waals surface area (Å²) in [6.45, 7) is 4.46. The SMILES string of the molecule is CCCCCC.NNc1cc(O)c(Cc2ccccc2)c(Cc2ccccc2)c1-c1ccccc1. The Morgan fingerprint density at radius 1 is 0.657 bits per heavy atom. The predicted molar refractivity (Wildman–Crippen MR) is 150 cm³/mol. The number of nitrogens with two attached hydrogens (primary N) is 1. The minimum atomic E-state index is 0.257. The number of benzene rings is 4. The van der Waals surface area contributed by atoms with Crippen molar-refractivity contribution in [2.45, 2.75) is 52.4 Å². The lowest BCUT2D eigenvalue weighted by Gasteiger charge is -2.21. The summed E-state index contributed by atoms with van der Waals surface area (Å²) >= 11 is 0. The number of hydrogen-bond donors (Lipinski definition) is 3. The number of anilines is 1. The molecule has 3 nitrogen and oxygen atoms in total. The van der Waals surface area contributed by atoms with Gasteiger partial charge in [-0.25, -0.2) is 0 Å². The summed E-state index contributed by atoms with van der Waals surface area (Å²) in [7, 11) is 0. The summed E-state index contributed by atoms with van der Waals surface area (Å²) in [5.74, 6) is 6.12. The van der Waals surface area contributed by atoms with E-state index in [0.29, 0.717) is 12.8 Å². The van der Waals surface area contributed by atoms with E-state index >= 15 is 0 Å². The van der Waals surface area contributed by atoms with Crippen molar-refractivity contribution in [3.63, 3.8) is 0 Å². The molecule has 0 bridgehead atoms. The number of hydrogen-bond acceptors (Lipinski definition) is 3. The Hall–Kier alpha value is -3.56. The summed E-state index contributed by atoms with van der Waals surface area (Å²) in [6.07, 6.45) is 6.89. The van der Waals surface area contributed by atoms with Gasteiger partial charge in [-0.2, -0.15) is 0 Å². The van der Waals surface area contributed by atoms with Crippen LogP contribution in [-0.4, -0.2) is 5.11 Å². The van der Waals surface area contributed by atoms with E-state index in [1.165, 1.54) is 31.2 Å². The molecule has 182 valence electrons. The van der Waals surface area contributed by atoms with Gasteiger partial charge < -0.3 is 10.5 Å². The van der Waals surface area contributed by atoms with Gasteiger partial charge in [0.1, 0.15) is 5.75 Å². The molecule has 0 amide bonds. The number of nitrogens with one attached hydrogen (secondary N) is 1. The first kappa shape index (κ1) is 26.1. The molecule has 0 aliphatic rings. The first-order valence-corrected chi connectivity index (χ1v) is 12.7. The maximum atomic E-state index is 10.9. The lowest BCUT2D eigenvalue weighted by atomic mass is 9.86. The Morgan fingerprint density at radius 2 is 1.11 bits per heavy atom. The van der Waals surface area contributed by atoms with Crippen LogP contribution < -0.4 is 11.3 Å². The number of nitrogen functional groups attached to an aromatic ring is 1. The van der Waals surface area contributed by atoms with Gasteiger partial charge in [0, 0.05) is 23.6 Å². The zero-order valence-electron chi connectivity index (χ0n) is 21.0. The van der Waals surface area contributed by atoms with Gasteiger partial charge in [-0.15, -0.1) is 0 Å². The molecule has 0 radical (unpaired) electrons. The molecule has 4 N–H and O–H groups in total. The highest BCUT2D eigenvalue weighted by atomic mass is 16.3. The predicted octanol–water partition coefficient (Wildman–Crippen LogP) is 8.11. The van der Waals surface area contributed by atoms with Crippen LogP contribution >= 0.6 is 0 Å². The van der Waals surface area contributed by atoms with E-state index in [1.54, 1.807) is 6.07 Å². The molecular formula is C32H38N2O. The highest BCUT2D eigenvalue weighted by molar-refractivity contribution is 5.84. The molecule has 0 aromatic heterocycles. The van der Waals surface area contributed by atoms with Crippen LogP contribution in [0, 0.1) is 0 Å². The van der Waals surface area contributed by atoms with E-state index in [1.807, 2.05) is 54.6 Å². The zero-order chi connectivity index (χ0) is 24.9. The molecular weight excluding hydrogens is 428 g/mol. The Morgan fingerprint density at radius 3 is 1.57 bits per heavy atom. The average Bonchev–Trinajstić information content (AvgIpc) is 2.91. The van der Waals surface area contributed by atoms with Crippen LogP contribution in [0.3, 0.4) is 0 Å². The summed E-state index contributed by atoms with van der Waals surface area (Å²) < 4.78 is 0. The number of rotatable bonds is 9. The van der Waals surface area contributed by atoms with Gasteiger partial charge >= 0.3 is 0 Å². The van der Waals surface area contributed by atoms with Crippen molar-refractivity contribution in [3.05, 3.63) is 119 Å². The smallest absolute Gasteiger partial charge is 0.121 e. The van der Waals surface area contributed by atoms with E-state index in [9.17, 15) is 5.11 Å². The van der Waals surface area contributed by atoms with E-state index in [4.69, 9.17) is 5.84 Å². The fourth-order valence-corrected chi connectivity index (χ4v) is 4.30. The molecule has 0 fully saturated rings. The molecule has 4 aromatic carbocycles. The third kappa shape index (κ3) is 7.46. The van der Waals surface area contributed by atoms with Crippen LogP contribution in [0.4, 0.5) is 5.69 Å². The molecule has 35 heavy (non-hydrogen) atoms. The highest BCUT2D eigenvalue weighted by Gasteiger charge is 2.19. The number of phenols is 1. The van der Waals surface area contributed by atoms with E-state index < -0.39 is 0 Å². The standard InChI is InChI=1S/C26H24N2O.C6H14/c27-28-24-18-25(29)22(16-19-10-4-1-5-11-19)23(17-20-12-6-2-7-13-20)26(24)21-14-8-3-9-15-21;1-3-5-6-4-2/h1-15,18,28-29H,16-17,27H2;3-6H2,1-2H3. The van der Waals surface area contributed by atoms with Gasteiger partial charge in [0.15, 0.2) is 0 Å². The molecule has 0 saturated carbocycles. The highest BCUT2D eigenvalue weighted by Crippen LogP contribution is 2.40. The van der Waals surface area contributed by atoms with Crippen LogP contribution in [0.15, 0.2) is 97.1 Å². The molecule has 3 heteroatoms. The van der Waals surface area contributed by atoms with Gasteiger partial charge in [-0.05, 0) is 28.7 Å². The first-order chi connectivity index (χ1) is 17.2. The zero-order valence-corrected chi connectivity index (χ0v) is 21.0. The van der Waals surface area contributed by atoms with Crippen molar-refractivity contribution in [3.8, 4) is 16.9 Å². The van der Waals surface area contributed by atoms with Crippen molar-refractivity contribution in [1.29, 1.82) is 0 Å². The van der Waals surface area contributed by atoms with Gasteiger partial charge in [0.2, 0.25) is 0 Å². The van der Waals surface area contributed by atoms with Crippen molar-refractivity contribution in [2.24, 2.45) is 5.84 Å². The Bertz CT molecular complexity index is 1140. The molecule has 0 atom stereocenters. The van der Waals surface area contributed by atoms with Crippen molar-refractivity contribution in [2.75, 3.05) is 5.43 Å². The normalized spacial score (nSPS) is 10.4. The molecule has 0 unspecified atom stereocenters. The minimum absolute atomic E-state index is 0.257. The van der Waals surface area contributed by atoms with Crippen LogP contribution in [0.1, 0.15) is 61.8 Å². The van der Waals surface area contributed by atoms with E-state index in [-0.39, 0.29) is 5.75 Å². The maximum absolute atomic E-state index is 10.9. The maximum Gasteiger partial charge on any atom is 0.121 e. The van der Waals surface area contributed by atoms with Gasteiger partial charge in [0.05, 0.1) is 5.69 Å². The lowest BCUT2D eigenvalue weighted by molar-refractivity contribution is 0.469. The summed E-state index contributed by atoms with van der Waals surface area (Å²) in [5.41, 5.74) is 9.97. The van der Waals surface area contributed by atoms with Gasteiger partial charge in [0.25, 0.3) is 0 Å². The third-order valence-corrected chi connectivity index (χ3v) is 6.15. The van der Waals surface area contributed by atoms with Crippen molar-refractivity contribution in [1.82, 2.24) is 0 Å². The van der Waals surface area contributed by atoms with Crippen LogP contribution in [0.2, 0.25) is 0 Å². The molecule has 4 rings (SSSR count). The lowest BCUT2D eigenvalue weighted by Crippen LogP contribution is -2.11. The number of hydrazine groups is 1. The van der Waals surface area contributed by atoms with Gasteiger partial charge in [-0.3, -0.25) is 5.84 Å². The molecule has 0 saturated heterocycles. The number of aromatic hydroxyl groups is 1. The largest absolute Gasteiger partial charge is 0.508 e. The van der Waals surface area contributed by atoms with E-state index in [2.05, 4.69) is 55.7 Å². The molecule has 4 aromatic rings. The van der Waals surface area contributed by atoms with Crippen LogP contribution in [0.5, 0.6) is 5.75 Å². The second-order valence-electron chi connectivity index (χ2n) is 8.82. The van der Waals surface area contributed by atoms with E-state index in [0.717, 1.165) is 33.5 Å². The molecule has 0 aliphatic heterocycles. The minimum Gasteiger partial charge on any atom is -0.508 e. The van der Waals surface area contributed by atoms with Gasteiger partial charge in [-0.1, -0.05) is 131 Å². The third-order valence-electron chi connectivity index (χ3n) is 6.15. The second-order valence-corrected chi connectivity index (χ2v) is 8.82. The topological polar surface area (TPSA) is 58.3 Å². The summed E-state index contributed by atoms with van der Waals surface area (Å²) in [4.78, 5) is 0. The second kappa shape index (κ2) is 14.0. The quantitative estimate of drug-likeness (QED) is 0.133. The molecule has 0 spiro atoms. The number of unbranched alkanes of at least 4 members (excludes halogenated alkanes) is 3. The summed E-state index contributed by atoms with van der Waals surface area (Å²) in [5, 5.41) is 10.9. The van der Waals surface area contributed by atoms with Crippen LogP contribution in [-0.2, 0) is 12.8 Å².